The van der Waals surface area contributed by atoms with Gasteiger partial charge in [0.15, 0.2) is 15.6 Å². The summed E-state index contributed by atoms with van der Waals surface area (Å²) in [6.07, 6.45) is 20.6. The lowest BCUT2D eigenvalue weighted by Gasteiger charge is -2.32. The number of nitrogens with two attached hydrogens (primary N) is 2. The van der Waals surface area contributed by atoms with Crippen molar-refractivity contribution < 1.29 is 80.7 Å². The Bertz CT molecular complexity index is 6100. The number of thiophene rings is 3. The standard InChI is InChI=1S/C21H25NO4S.C17H19NO4S.C16H11Cl2NO3.C14H12BrNO3S.C14H12N2O3.C11H9N3OS/c1-4-25-16-11-7-5-9-14(16)19(23)22-20-18(21(24)26-13(2)3)15-10-6-8-12-17(15)27-20;1-3-21-17(20)14-13(15-9(2)7-8-23-15)12-10(19)5-4-6-11(12)22-16(14)18;1-2-8-12(13-9(17)4-3-5-10(13)18)14-11(22-15(8)19)6-7-21-16(14)20;1-20(18,19)13-5-3-12(4-6-13)16-9-10-8-11(15)2-7-14(10)17;1-10-2-4-11(5-3-10)9-15-13-8-12(16(18)19)6-7-14(13)17;15-11(9-3-5-12-6-4-9)14-13-8-10-2-1-7-16-10/h5,7,9,11,13H,4,6,8,10,12H2,1-3H3,(H,22,23);7-8,13H,3-6,18H2,1-2H3;1,3-5,12H,6-7,19H2;2-9,17H,1H3;2-9,17H,1H3;1-8H,(H,14,15)/b;;;;;13-8+. The molecule has 15 rings (SSSR count). The molecule has 5 aliphatic rings. The molecular weight excluding hydrogens is 1810 g/mol. The highest BCUT2D eigenvalue weighted by Crippen LogP contribution is 2.49. The smallest absolute Gasteiger partial charge is 0.341 e. The van der Waals surface area contributed by atoms with Gasteiger partial charge in [0.2, 0.25) is 11.8 Å². The minimum absolute atomic E-state index is 0.0262. The van der Waals surface area contributed by atoms with Crippen LogP contribution in [0.4, 0.5) is 22.1 Å². The number of fused-ring (bicyclic) bond motifs is 1. The Morgan fingerprint density at radius 3 is 2.12 bits per heavy atom. The molecule has 0 radical (unpaired) electrons. The number of ketones is 1. The summed E-state index contributed by atoms with van der Waals surface area (Å²) < 4.78 is 55.9. The number of aryl methyl sites for hydroxylation is 3. The summed E-state index contributed by atoms with van der Waals surface area (Å²) in [5, 5.41) is 42.0. The van der Waals surface area contributed by atoms with Crippen molar-refractivity contribution in [3.8, 4) is 29.6 Å². The molecule has 7 heterocycles. The van der Waals surface area contributed by atoms with Gasteiger partial charge in [-0.05, 0) is 198 Å². The highest BCUT2D eigenvalue weighted by Gasteiger charge is 2.44. The molecule has 10 aromatic rings. The normalized spacial score (nSPS) is 15.1. The predicted octanol–water partition coefficient (Wildman–Crippen LogP) is 19.4. The van der Waals surface area contributed by atoms with Crippen LogP contribution in [0.25, 0.3) is 0 Å². The number of esters is 3. The molecule has 658 valence electrons. The number of pyridine rings is 1. The van der Waals surface area contributed by atoms with Crippen LogP contribution in [-0.4, -0.2) is 115 Å². The summed E-state index contributed by atoms with van der Waals surface area (Å²) in [5.74, 6) is 1.22. The lowest BCUT2D eigenvalue weighted by molar-refractivity contribution is -0.384. The molecule has 0 saturated carbocycles. The molecule has 3 aliphatic heterocycles. The number of Topliss-reactive ketones (excluding diaryl/α,β-unsaturated/α-hetero) is 1. The molecule has 127 heavy (non-hydrogen) atoms. The van der Waals surface area contributed by atoms with Crippen LogP contribution >= 0.6 is 73.1 Å². The molecule has 2 atom stereocenters. The fourth-order valence-electron chi connectivity index (χ4n) is 13.2. The Hall–Kier alpha value is -12.9. The van der Waals surface area contributed by atoms with E-state index in [1.165, 1.54) is 64.1 Å². The number of allylic oxidation sites excluding steroid dienone is 3. The van der Waals surface area contributed by atoms with Gasteiger partial charge in [0, 0.05) is 114 Å². The summed E-state index contributed by atoms with van der Waals surface area (Å²) in [7, 11) is -3.20. The van der Waals surface area contributed by atoms with Gasteiger partial charge in [0.1, 0.15) is 45.0 Å². The number of hydrazone groups is 1. The summed E-state index contributed by atoms with van der Waals surface area (Å²) in [6.45, 7) is 12.2. The minimum Gasteiger partial charge on any atom is -0.507 e. The Morgan fingerprint density at radius 1 is 0.756 bits per heavy atom. The van der Waals surface area contributed by atoms with Crippen molar-refractivity contribution in [3.05, 3.63) is 316 Å². The first-order chi connectivity index (χ1) is 60.9. The zero-order valence-electron chi connectivity index (χ0n) is 69.7. The summed E-state index contributed by atoms with van der Waals surface area (Å²) >= 11 is 20.4. The van der Waals surface area contributed by atoms with E-state index >= 15 is 0 Å². The number of rotatable bonds is 19. The Labute approximate surface area is 763 Å². The van der Waals surface area contributed by atoms with Crippen molar-refractivity contribution in [2.45, 2.75) is 116 Å². The van der Waals surface area contributed by atoms with Gasteiger partial charge in [-0.2, -0.15) is 5.10 Å². The van der Waals surface area contributed by atoms with E-state index in [2.05, 4.69) is 52.7 Å². The van der Waals surface area contributed by atoms with Gasteiger partial charge in [0.05, 0.1) is 81.8 Å². The van der Waals surface area contributed by atoms with Gasteiger partial charge in [-0.25, -0.2) is 28.2 Å². The molecule has 6 aromatic carbocycles. The number of ether oxygens (including phenoxy) is 6. The SMILES string of the molecule is C#CC1=C(N)OC2=C(C(=O)OCC2)C1c1c(Cl)cccc1Cl.CCOC(=O)C1=C(N)OC2=C(C(=O)CCC2)C1c1sccc1C.CCOc1ccccc1C(=O)Nc1sc2c(c1C(=O)OC(C)C)CCCC2.CS(=O)(=O)c1ccc(N=Cc2cc(Br)ccc2O)cc1.Cc1ccc(C=Nc2cc([N+](=O)[O-])ccc2O)cc1.O=C(N/N=C/c1cccs1)c1ccncc1. The number of halogens is 3. The quantitative estimate of drug-likeness (QED) is 0.0109. The zero-order chi connectivity index (χ0) is 91.6. The third-order valence-corrected chi connectivity index (χ3v) is 24.6. The van der Waals surface area contributed by atoms with E-state index in [0.29, 0.717) is 108 Å². The van der Waals surface area contributed by atoms with Crippen LogP contribution in [0.3, 0.4) is 0 Å². The van der Waals surface area contributed by atoms with Gasteiger partial charge >= 0.3 is 17.9 Å². The van der Waals surface area contributed by atoms with Gasteiger partial charge < -0.3 is 55.4 Å². The fourth-order valence-corrected chi connectivity index (χ4v) is 17.7. The Morgan fingerprint density at radius 2 is 1.46 bits per heavy atom. The van der Waals surface area contributed by atoms with Crippen LogP contribution in [0.1, 0.15) is 157 Å². The van der Waals surface area contributed by atoms with Crippen LogP contribution in [0.5, 0.6) is 17.2 Å². The molecule has 4 aromatic heterocycles. The molecule has 0 fully saturated rings. The fraction of sp³-hybridized carbons (Fsp3) is 0.226. The highest BCUT2D eigenvalue weighted by atomic mass is 79.9. The lowest BCUT2D eigenvalue weighted by atomic mass is 9.79. The second kappa shape index (κ2) is 45.9. The van der Waals surface area contributed by atoms with E-state index in [1.54, 1.807) is 122 Å². The molecule has 2 amide bonds. The number of terminal acetylenes is 1. The third kappa shape index (κ3) is 25.9. The molecule has 34 heteroatoms. The maximum absolute atomic E-state index is 12.9. The molecule has 27 nitrogen and oxygen atoms in total. The molecule has 0 saturated heterocycles. The van der Waals surface area contributed by atoms with Crippen molar-refractivity contribution in [3.63, 3.8) is 0 Å². The monoisotopic (exact) mass is 1900 g/mol. The molecule has 8 N–H and O–H groups in total. The van der Waals surface area contributed by atoms with Crippen LogP contribution in [-0.2, 0) is 60.7 Å². The first-order valence-corrected chi connectivity index (χ1v) is 45.6. The van der Waals surface area contributed by atoms with Gasteiger partial charge in [0.25, 0.3) is 17.5 Å². The van der Waals surface area contributed by atoms with E-state index in [-0.39, 0.29) is 88.0 Å². The number of phenols is 2. The second-order valence-electron chi connectivity index (χ2n) is 28.5. The van der Waals surface area contributed by atoms with E-state index in [0.717, 1.165) is 74.8 Å². The number of hydrogen-bond acceptors (Lipinski definition) is 27. The number of sulfone groups is 1. The zero-order valence-corrected chi connectivity index (χ0v) is 76.1. The predicted molar refractivity (Wildman–Crippen MR) is 496 cm³/mol. The highest BCUT2D eigenvalue weighted by molar-refractivity contribution is 9.10. The number of benzene rings is 6. The molecule has 0 spiro atoms. The number of hydrogen-bond donors (Lipinski definition) is 6. The topological polar surface area (TPSA) is 402 Å². The number of phenolic OH excluding ortho intramolecular Hbond substituents is 2. The number of carbonyl (C=O) groups excluding carboxylic acids is 6. The number of nitro groups is 1. The number of aromatic hydroxyl groups is 2. The summed E-state index contributed by atoms with van der Waals surface area (Å²) in [6, 6.07) is 43.9. The van der Waals surface area contributed by atoms with E-state index in [4.69, 9.17) is 69.5 Å². The lowest BCUT2D eigenvalue weighted by Crippen LogP contribution is -2.31. The van der Waals surface area contributed by atoms with Crippen molar-refractivity contribution >= 4 is 159 Å². The second-order valence-corrected chi connectivity index (χ2v) is 35.2. The number of aromatic nitrogens is 1. The van der Waals surface area contributed by atoms with Crippen LogP contribution in [0, 0.1) is 36.3 Å². The van der Waals surface area contributed by atoms with Gasteiger partial charge in [-0.1, -0.05) is 99.1 Å². The van der Waals surface area contributed by atoms with Crippen molar-refractivity contribution in [1.29, 1.82) is 0 Å². The number of non-ortho nitro benzene ring substituents is 1. The maximum atomic E-state index is 12.9. The van der Waals surface area contributed by atoms with E-state index in [1.807, 2.05) is 93.9 Å². The van der Waals surface area contributed by atoms with Gasteiger partial charge in [-0.3, -0.25) is 39.5 Å². The molecule has 0 bridgehead atoms. The largest absolute Gasteiger partial charge is 0.507 e. The van der Waals surface area contributed by atoms with Crippen LogP contribution < -0.4 is 26.9 Å². The molecule has 2 unspecified atom stereocenters. The number of carbonyl (C=O) groups is 6. The van der Waals surface area contributed by atoms with E-state index < -0.39 is 38.5 Å². The Kier molecular flexibility index (Phi) is 34.8. The maximum Gasteiger partial charge on any atom is 0.341 e. The first-order valence-electron chi connectivity index (χ1n) is 39.6. The van der Waals surface area contributed by atoms with Crippen LogP contribution in [0.2, 0.25) is 10.0 Å². The number of nitrogens with zero attached hydrogens (tertiary/aromatic N) is 5. The average molecular weight is 1900 g/mol. The number of aliphatic imine (C=N–C) groups is 2. The van der Waals surface area contributed by atoms with Crippen LogP contribution in [0.15, 0.2) is 251 Å². The van der Waals surface area contributed by atoms with Gasteiger partial charge in [-0.15, -0.1) is 40.4 Å². The number of amides is 2. The number of cyclic esters (lactones) is 1. The number of nitro benzene ring substituents is 1. The van der Waals surface area contributed by atoms with E-state index in [9.17, 15) is 57.5 Å². The average Bonchev–Trinajstić information content (AvgIpc) is 1.26. The molecule has 2 aliphatic carbocycles. The van der Waals surface area contributed by atoms with Crippen molar-refractivity contribution in [1.82, 2.24) is 10.4 Å². The number of anilines is 1. The Balaban J connectivity index is 0.000000160. The van der Waals surface area contributed by atoms with Crippen molar-refractivity contribution in [2.24, 2.45) is 26.6 Å². The number of nitrogens with one attached hydrogen (secondary N) is 2. The summed E-state index contributed by atoms with van der Waals surface area (Å²) in [4.78, 5) is 99.9. The van der Waals surface area contributed by atoms with Crippen molar-refractivity contribution in [2.75, 3.05) is 31.4 Å². The third-order valence-electron chi connectivity index (χ3n) is 19.2. The summed E-state index contributed by atoms with van der Waals surface area (Å²) in [5.41, 5.74) is 23.2. The number of para-hydroxylation sites is 1. The first kappa shape index (κ1) is 96.3. The minimum atomic E-state index is -3.20. The molecular formula is C93H88BrCl2N9O18S4.